The van der Waals surface area contributed by atoms with Crippen molar-refractivity contribution in [2.75, 3.05) is 18.4 Å². The van der Waals surface area contributed by atoms with Crippen molar-refractivity contribution in [3.63, 3.8) is 0 Å². The van der Waals surface area contributed by atoms with Crippen molar-refractivity contribution in [1.82, 2.24) is 10.3 Å². The number of rotatable bonds is 9. The Morgan fingerprint density at radius 1 is 0.931 bits per heavy atom. The van der Waals surface area contributed by atoms with E-state index in [9.17, 15) is 9.90 Å². The Bertz CT molecular complexity index is 858. The van der Waals surface area contributed by atoms with Gasteiger partial charge in [-0.25, -0.2) is 0 Å². The van der Waals surface area contributed by atoms with Crippen LogP contribution in [0.15, 0.2) is 79.1 Å². The van der Waals surface area contributed by atoms with Crippen LogP contribution in [0.1, 0.15) is 22.8 Å². The van der Waals surface area contributed by atoms with Gasteiger partial charge in [-0.3, -0.25) is 9.78 Å². The van der Waals surface area contributed by atoms with Gasteiger partial charge in [0, 0.05) is 24.6 Å². The molecule has 1 aromatic heterocycles. The number of carbonyl (C=O) groups excluding carboxylic acids is 1. The molecule has 2 aromatic carbocycles. The van der Waals surface area contributed by atoms with Crippen molar-refractivity contribution in [1.29, 1.82) is 0 Å². The number of amides is 1. The van der Waals surface area contributed by atoms with Gasteiger partial charge >= 0.3 is 0 Å². The number of hydrogen-bond donors (Lipinski definition) is 3. The Balaban J connectivity index is 0.00000300. The SMILES string of the molecule is Cl.O=C(Cc1ccncc1)Nc1ccc(CCNCC(O)c2ccccc2)cc1. The molecule has 3 rings (SSSR count). The maximum Gasteiger partial charge on any atom is 0.228 e. The van der Waals surface area contributed by atoms with Gasteiger partial charge < -0.3 is 15.7 Å². The lowest BCUT2D eigenvalue weighted by molar-refractivity contribution is -0.115. The van der Waals surface area contributed by atoms with Gasteiger partial charge in [-0.1, -0.05) is 42.5 Å². The molecular formula is C23H26ClN3O2. The van der Waals surface area contributed by atoms with Crippen molar-refractivity contribution in [3.05, 3.63) is 95.8 Å². The number of halogens is 1. The predicted molar refractivity (Wildman–Crippen MR) is 118 cm³/mol. The summed E-state index contributed by atoms with van der Waals surface area (Å²) in [6, 6.07) is 21.2. The molecule has 1 atom stereocenters. The molecule has 0 aliphatic rings. The number of pyridine rings is 1. The minimum Gasteiger partial charge on any atom is -0.387 e. The van der Waals surface area contributed by atoms with Gasteiger partial charge in [-0.05, 0) is 53.9 Å². The van der Waals surface area contributed by atoms with Gasteiger partial charge in [-0.15, -0.1) is 12.4 Å². The number of carbonyl (C=O) groups is 1. The molecule has 152 valence electrons. The fraction of sp³-hybridized carbons (Fsp3) is 0.217. The number of benzene rings is 2. The van der Waals surface area contributed by atoms with Crippen LogP contribution < -0.4 is 10.6 Å². The monoisotopic (exact) mass is 411 g/mol. The van der Waals surface area contributed by atoms with E-state index in [-0.39, 0.29) is 18.3 Å². The number of anilines is 1. The molecule has 0 spiro atoms. The first-order valence-electron chi connectivity index (χ1n) is 9.42. The Kier molecular flexibility index (Phi) is 9.31. The van der Waals surface area contributed by atoms with E-state index in [0.29, 0.717) is 13.0 Å². The van der Waals surface area contributed by atoms with Crippen LogP contribution in [0.4, 0.5) is 5.69 Å². The highest BCUT2D eigenvalue weighted by Gasteiger charge is 2.06. The first-order chi connectivity index (χ1) is 13.7. The lowest BCUT2D eigenvalue weighted by Crippen LogP contribution is -2.23. The third-order valence-corrected chi connectivity index (χ3v) is 4.46. The Morgan fingerprint density at radius 3 is 2.31 bits per heavy atom. The van der Waals surface area contributed by atoms with Crippen LogP contribution in [-0.2, 0) is 17.6 Å². The minimum atomic E-state index is -0.501. The van der Waals surface area contributed by atoms with Gasteiger partial charge in [0.05, 0.1) is 12.5 Å². The lowest BCUT2D eigenvalue weighted by atomic mass is 10.1. The van der Waals surface area contributed by atoms with Crippen molar-refractivity contribution in [2.45, 2.75) is 18.9 Å². The molecule has 0 bridgehead atoms. The van der Waals surface area contributed by atoms with Gasteiger partial charge in [0.25, 0.3) is 0 Å². The third kappa shape index (κ3) is 7.66. The van der Waals surface area contributed by atoms with Crippen LogP contribution in [0.3, 0.4) is 0 Å². The van der Waals surface area contributed by atoms with Gasteiger partial charge in [-0.2, -0.15) is 0 Å². The molecule has 3 N–H and O–H groups in total. The molecular weight excluding hydrogens is 386 g/mol. The summed E-state index contributed by atoms with van der Waals surface area (Å²) in [5, 5.41) is 16.3. The summed E-state index contributed by atoms with van der Waals surface area (Å²) in [4.78, 5) is 16.0. The summed E-state index contributed by atoms with van der Waals surface area (Å²) < 4.78 is 0. The van der Waals surface area contributed by atoms with E-state index >= 15 is 0 Å². The number of nitrogens with zero attached hydrogens (tertiary/aromatic N) is 1. The van der Waals surface area contributed by atoms with Crippen molar-refractivity contribution in [3.8, 4) is 0 Å². The van der Waals surface area contributed by atoms with Gasteiger partial charge in [0.15, 0.2) is 0 Å². The Morgan fingerprint density at radius 2 is 1.62 bits per heavy atom. The first-order valence-corrected chi connectivity index (χ1v) is 9.42. The largest absolute Gasteiger partial charge is 0.387 e. The molecule has 6 heteroatoms. The van der Waals surface area contributed by atoms with Gasteiger partial charge in [0.2, 0.25) is 5.91 Å². The van der Waals surface area contributed by atoms with Crippen LogP contribution in [-0.4, -0.2) is 29.1 Å². The maximum absolute atomic E-state index is 12.1. The van der Waals surface area contributed by atoms with Crippen LogP contribution in [0.2, 0.25) is 0 Å². The van der Waals surface area contributed by atoms with Crippen LogP contribution in [0.25, 0.3) is 0 Å². The van der Waals surface area contributed by atoms with Crippen molar-refractivity contribution < 1.29 is 9.90 Å². The van der Waals surface area contributed by atoms with Crippen LogP contribution >= 0.6 is 12.4 Å². The summed E-state index contributed by atoms with van der Waals surface area (Å²) in [5.74, 6) is -0.0458. The van der Waals surface area contributed by atoms with E-state index in [1.807, 2.05) is 66.7 Å². The number of aromatic nitrogens is 1. The molecule has 0 radical (unpaired) electrons. The van der Waals surface area contributed by atoms with E-state index in [1.165, 1.54) is 5.56 Å². The topological polar surface area (TPSA) is 74.2 Å². The summed E-state index contributed by atoms with van der Waals surface area (Å²) in [7, 11) is 0. The quantitative estimate of drug-likeness (QED) is 0.471. The summed E-state index contributed by atoms with van der Waals surface area (Å²) in [6.45, 7) is 1.30. The second kappa shape index (κ2) is 12.0. The predicted octanol–water partition coefficient (Wildman–Crippen LogP) is 3.55. The molecule has 1 unspecified atom stereocenters. The highest BCUT2D eigenvalue weighted by atomic mass is 35.5. The Labute approximate surface area is 177 Å². The third-order valence-electron chi connectivity index (χ3n) is 4.46. The molecule has 29 heavy (non-hydrogen) atoms. The Hall–Kier alpha value is -2.73. The molecule has 0 saturated heterocycles. The molecule has 0 aliphatic heterocycles. The van der Waals surface area contributed by atoms with Crippen molar-refractivity contribution in [2.24, 2.45) is 0 Å². The first kappa shape index (κ1) is 22.6. The van der Waals surface area contributed by atoms with E-state index in [1.54, 1.807) is 12.4 Å². The summed E-state index contributed by atoms with van der Waals surface area (Å²) >= 11 is 0. The van der Waals surface area contributed by atoms with Crippen LogP contribution in [0.5, 0.6) is 0 Å². The molecule has 0 fully saturated rings. The van der Waals surface area contributed by atoms with Crippen molar-refractivity contribution >= 4 is 24.0 Å². The maximum atomic E-state index is 12.1. The van der Waals surface area contributed by atoms with E-state index in [4.69, 9.17) is 0 Å². The number of aliphatic hydroxyl groups is 1. The molecule has 5 nitrogen and oxygen atoms in total. The smallest absolute Gasteiger partial charge is 0.228 e. The molecule has 0 saturated carbocycles. The summed E-state index contributed by atoms with van der Waals surface area (Å²) in [5.41, 5.74) is 3.82. The molecule has 3 aromatic rings. The second-order valence-corrected chi connectivity index (χ2v) is 6.66. The fourth-order valence-corrected chi connectivity index (χ4v) is 2.91. The molecule has 1 heterocycles. The second-order valence-electron chi connectivity index (χ2n) is 6.66. The zero-order chi connectivity index (χ0) is 19.6. The standard InChI is InChI=1S/C23H25N3O2.ClH/c27-22(20-4-2-1-3-5-20)17-25-15-10-18-6-8-21(9-7-18)26-23(28)16-19-11-13-24-14-12-19;/h1-9,11-14,22,25,27H,10,15-17H2,(H,26,28);1H. The number of nitrogens with one attached hydrogen (secondary N) is 2. The average molecular weight is 412 g/mol. The average Bonchev–Trinajstić information content (AvgIpc) is 2.73. The van der Waals surface area contributed by atoms with Gasteiger partial charge in [0.1, 0.15) is 0 Å². The highest BCUT2D eigenvalue weighted by Crippen LogP contribution is 2.12. The lowest BCUT2D eigenvalue weighted by Gasteiger charge is -2.12. The zero-order valence-electron chi connectivity index (χ0n) is 16.1. The zero-order valence-corrected chi connectivity index (χ0v) is 16.9. The fourth-order valence-electron chi connectivity index (χ4n) is 2.91. The van der Waals surface area contributed by atoms with E-state index < -0.39 is 6.10 Å². The number of hydrogen-bond acceptors (Lipinski definition) is 4. The van der Waals surface area contributed by atoms with Crippen LogP contribution in [0, 0.1) is 0 Å². The van der Waals surface area contributed by atoms with E-state index in [0.717, 1.165) is 29.8 Å². The van der Waals surface area contributed by atoms with E-state index in [2.05, 4.69) is 15.6 Å². The highest BCUT2D eigenvalue weighted by molar-refractivity contribution is 5.92. The number of aliphatic hydroxyl groups excluding tert-OH is 1. The normalized spacial score (nSPS) is 11.3. The minimum absolute atomic E-state index is 0. The molecule has 1 amide bonds. The summed E-state index contributed by atoms with van der Waals surface area (Å²) in [6.07, 6.45) is 4.05. The molecule has 0 aliphatic carbocycles.